The van der Waals surface area contributed by atoms with Gasteiger partial charge in [-0.05, 0) is 50.6 Å². The van der Waals surface area contributed by atoms with E-state index in [0.717, 1.165) is 10.0 Å². The molecule has 0 saturated carbocycles. The summed E-state index contributed by atoms with van der Waals surface area (Å²) in [7, 11) is 1.81. The Balaban J connectivity index is 1.89. The van der Waals surface area contributed by atoms with Crippen molar-refractivity contribution in [2.45, 2.75) is 32.4 Å². The van der Waals surface area contributed by atoms with Crippen molar-refractivity contribution in [2.24, 2.45) is 5.92 Å². The second kappa shape index (κ2) is 7.93. The quantitative estimate of drug-likeness (QED) is 0.849. The highest BCUT2D eigenvalue weighted by Gasteiger charge is 2.30. The molecule has 1 aliphatic heterocycles. The van der Waals surface area contributed by atoms with E-state index in [9.17, 15) is 9.59 Å². The van der Waals surface area contributed by atoms with Gasteiger partial charge in [-0.2, -0.15) is 0 Å². The Morgan fingerprint density at radius 2 is 1.87 bits per heavy atom. The number of likely N-dealkylation sites (tertiary alicyclic amines) is 1. The number of likely N-dealkylation sites (N-methyl/N-ethyl adjacent to an activating group) is 1. The molecule has 1 unspecified atom stereocenters. The molecular formula is C17H23BrN2O3. The van der Waals surface area contributed by atoms with Gasteiger partial charge < -0.3 is 10.0 Å². The van der Waals surface area contributed by atoms with E-state index >= 15 is 0 Å². The summed E-state index contributed by atoms with van der Waals surface area (Å²) in [5.41, 5.74) is 1.08. The fourth-order valence-corrected chi connectivity index (χ4v) is 3.21. The Kier molecular flexibility index (Phi) is 6.18. The van der Waals surface area contributed by atoms with Gasteiger partial charge in [-0.25, -0.2) is 0 Å². The third-order valence-corrected chi connectivity index (χ3v) is 5.02. The third-order valence-electron chi connectivity index (χ3n) is 4.49. The molecule has 1 saturated heterocycles. The molecule has 1 aromatic carbocycles. The summed E-state index contributed by atoms with van der Waals surface area (Å²) in [6, 6.07) is 7.71. The van der Waals surface area contributed by atoms with Crippen molar-refractivity contribution in [3.63, 3.8) is 0 Å². The number of hydrogen-bond acceptors (Lipinski definition) is 3. The molecule has 6 heteroatoms. The number of carboxylic acids is 1. The summed E-state index contributed by atoms with van der Waals surface area (Å²) in [4.78, 5) is 27.4. The Hall–Kier alpha value is -1.40. The first kappa shape index (κ1) is 17.9. The van der Waals surface area contributed by atoms with Gasteiger partial charge in [0.25, 0.3) is 0 Å². The van der Waals surface area contributed by atoms with Crippen LogP contribution >= 0.6 is 15.9 Å². The fourth-order valence-electron chi connectivity index (χ4n) is 2.95. The zero-order chi connectivity index (χ0) is 17.0. The first-order valence-corrected chi connectivity index (χ1v) is 8.64. The van der Waals surface area contributed by atoms with Crippen molar-refractivity contribution in [3.05, 3.63) is 34.3 Å². The van der Waals surface area contributed by atoms with Crippen molar-refractivity contribution in [2.75, 3.05) is 20.1 Å². The topological polar surface area (TPSA) is 60.9 Å². The molecule has 0 aliphatic carbocycles. The number of carboxylic acid groups (broad SMARTS) is 1. The minimum atomic E-state index is -0.726. The van der Waals surface area contributed by atoms with Crippen LogP contribution in [0.15, 0.2) is 28.7 Å². The van der Waals surface area contributed by atoms with Gasteiger partial charge in [-0.3, -0.25) is 14.5 Å². The lowest BCUT2D eigenvalue weighted by molar-refractivity contribution is -0.144. The van der Waals surface area contributed by atoms with E-state index in [2.05, 4.69) is 20.8 Å². The van der Waals surface area contributed by atoms with Crippen LogP contribution in [0.2, 0.25) is 0 Å². The zero-order valence-corrected chi connectivity index (χ0v) is 15.1. The molecule has 0 spiro atoms. The first-order valence-electron chi connectivity index (χ1n) is 7.84. The Morgan fingerprint density at radius 1 is 1.30 bits per heavy atom. The number of piperidine rings is 1. The molecule has 126 valence electrons. The molecular weight excluding hydrogens is 360 g/mol. The van der Waals surface area contributed by atoms with E-state index in [4.69, 9.17) is 5.11 Å². The maximum Gasteiger partial charge on any atom is 0.306 e. The lowest BCUT2D eigenvalue weighted by Gasteiger charge is -2.35. The van der Waals surface area contributed by atoms with Crippen LogP contribution in [0.5, 0.6) is 0 Å². The number of nitrogens with zero attached hydrogens (tertiary/aromatic N) is 2. The second-order valence-corrected chi connectivity index (χ2v) is 7.06. The first-order chi connectivity index (χ1) is 10.9. The number of rotatable bonds is 5. The minimum Gasteiger partial charge on any atom is -0.481 e. The summed E-state index contributed by atoms with van der Waals surface area (Å²) in [6.07, 6.45) is 1.23. The maximum absolute atomic E-state index is 12.6. The molecule has 1 N–H and O–H groups in total. The van der Waals surface area contributed by atoms with Crippen LogP contribution in [0.4, 0.5) is 0 Å². The molecule has 1 aliphatic rings. The standard InChI is InChI=1S/C17H23BrN2O3/c1-12(20-9-7-14(8-10-20)17(22)23)16(21)19(2)11-13-3-5-15(18)6-4-13/h3-6,12,14H,7-11H2,1-2H3,(H,22,23). The average Bonchev–Trinajstić information content (AvgIpc) is 2.55. The maximum atomic E-state index is 12.6. The predicted molar refractivity (Wildman–Crippen MR) is 92.0 cm³/mol. The normalized spacial score (nSPS) is 17.7. The highest BCUT2D eigenvalue weighted by Crippen LogP contribution is 2.20. The van der Waals surface area contributed by atoms with Crippen molar-refractivity contribution in [1.82, 2.24) is 9.80 Å². The van der Waals surface area contributed by atoms with Crippen molar-refractivity contribution >= 4 is 27.8 Å². The van der Waals surface area contributed by atoms with Crippen LogP contribution < -0.4 is 0 Å². The van der Waals surface area contributed by atoms with E-state index in [-0.39, 0.29) is 17.9 Å². The van der Waals surface area contributed by atoms with Crippen LogP contribution in [0.25, 0.3) is 0 Å². The lowest BCUT2D eigenvalue weighted by Crippen LogP contribution is -2.49. The van der Waals surface area contributed by atoms with E-state index in [1.807, 2.05) is 38.2 Å². The third kappa shape index (κ3) is 4.78. The Labute approximate surface area is 145 Å². The fraction of sp³-hybridized carbons (Fsp3) is 0.529. The largest absolute Gasteiger partial charge is 0.481 e. The molecule has 1 fully saturated rings. The number of hydrogen-bond donors (Lipinski definition) is 1. The van der Waals surface area contributed by atoms with Gasteiger partial charge in [0.2, 0.25) is 5.91 Å². The summed E-state index contributed by atoms with van der Waals surface area (Å²) in [6.45, 7) is 3.80. The van der Waals surface area contributed by atoms with Crippen molar-refractivity contribution < 1.29 is 14.7 Å². The number of halogens is 1. The summed E-state index contributed by atoms with van der Waals surface area (Å²) >= 11 is 3.40. The van der Waals surface area contributed by atoms with Crippen LogP contribution in [-0.4, -0.2) is 53.0 Å². The predicted octanol–water partition coefficient (Wildman–Crippen LogP) is 2.59. The van der Waals surface area contributed by atoms with Gasteiger partial charge >= 0.3 is 5.97 Å². The van der Waals surface area contributed by atoms with Crippen LogP contribution in [0.1, 0.15) is 25.3 Å². The summed E-state index contributed by atoms with van der Waals surface area (Å²) in [5.74, 6) is -0.924. The highest BCUT2D eigenvalue weighted by molar-refractivity contribution is 9.10. The molecule has 1 atom stereocenters. The van der Waals surface area contributed by atoms with Crippen LogP contribution in [0.3, 0.4) is 0 Å². The van der Waals surface area contributed by atoms with Crippen molar-refractivity contribution in [3.8, 4) is 0 Å². The van der Waals surface area contributed by atoms with Gasteiger partial charge in [-0.1, -0.05) is 28.1 Å². The Morgan fingerprint density at radius 3 is 2.39 bits per heavy atom. The molecule has 0 bridgehead atoms. The van der Waals surface area contributed by atoms with Gasteiger partial charge in [-0.15, -0.1) is 0 Å². The molecule has 1 aromatic rings. The van der Waals surface area contributed by atoms with E-state index in [1.165, 1.54) is 0 Å². The SMILES string of the molecule is CC(C(=O)N(C)Cc1ccc(Br)cc1)N1CCC(C(=O)O)CC1. The Bertz CT molecular complexity index is 553. The highest BCUT2D eigenvalue weighted by atomic mass is 79.9. The summed E-state index contributed by atoms with van der Waals surface area (Å²) < 4.78 is 1.02. The molecule has 2 rings (SSSR count). The summed E-state index contributed by atoms with van der Waals surface area (Å²) in [5, 5.41) is 9.05. The van der Waals surface area contributed by atoms with Gasteiger partial charge in [0, 0.05) is 18.1 Å². The number of aliphatic carboxylic acids is 1. The zero-order valence-electron chi connectivity index (χ0n) is 13.5. The number of carbonyl (C=O) groups is 2. The molecule has 5 nitrogen and oxygen atoms in total. The second-order valence-electron chi connectivity index (χ2n) is 6.15. The minimum absolute atomic E-state index is 0.0710. The van der Waals surface area contributed by atoms with Gasteiger partial charge in [0.1, 0.15) is 0 Å². The van der Waals surface area contributed by atoms with Crippen LogP contribution in [-0.2, 0) is 16.1 Å². The number of amides is 1. The number of carbonyl (C=O) groups excluding carboxylic acids is 1. The van der Waals surface area contributed by atoms with E-state index in [1.54, 1.807) is 4.90 Å². The van der Waals surface area contributed by atoms with Gasteiger partial charge in [0.05, 0.1) is 12.0 Å². The molecule has 0 radical (unpaired) electrons. The van der Waals surface area contributed by atoms with Gasteiger partial charge in [0.15, 0.2) is 0 Å². The van der Waals surface area contributed by atoms with Crippen LogP contribution in [0, 0.1) is 5.92 Å². The van der Waals surface area contributed by atoms with E-state index < -0.39 is 5.97 Å². The lowest BCUT2D eigenvalue weighted by atomic mass is 9.96. The monoisotopic (exact) mass is 382 g/mol. The number of benzene rings is 1. The molecule has 23 heavy (non-hydrogen) atoms. The molecule has 1 heterocycles. The molecule has 0 aromatic heterocycles. The average molecular weight is 383 g/mol. The van der Waals surface area contributed by atoms with E-state index in [0.29, 0.717) is 32.5 Å². The smallest absolute Gasteiger partial charge is 0.306 e. The van der Waals surface area contributed by atoms with Crippen molar-refractivity contribution in [1.29, 1.82) is 0 Å². The molecule has 1 amide bonds.